The van der Waals surface area contributed by atoms with Crippen LogP contribution in [0.1, 0.15) is 34.5 Å². The van der Waals surface area contributed by atoms with Crippen molar-refractivity contribution in [1.29, 1.82) is 0 Å². The van der Waals surface area contributed by atoms with E-state index in [9.17, 15) is 15.0 Å². The quantitative estimate of drug-likeness (QED) is 0.784. The number of hydrogen-bond acceptors (Lipinski definition) is 3. The van der Waals surface area contributed by atoms with Crippen LogP contribution < -0.4 is 0 Å². The summed E-state index contributed by atoms with van der Waals surface area (Å²) in [7, 11) is 0. The van der Waals surface area contributed by atoms with Crippen molar-refractivity contribution in [2.45, 2.75) is 26.5 Å². The molecule has 0 radical (unpaired) electrons. The van der Waals surface area contributed by atoms with Crippen LogP contribution in [0.4, 0.5) is 0 Å². The van der Waals surface area contributed by atoms with Crippen LogP contribution in [0, 0.1) is 6.92 Å². The van der Waals surface area contributed by atoms with Gasteiger partial charge in [-0.15, -0.1) is 0 Å². The summed E-state index contributed by atoms with van der Waals surface area (Å²) in [6, 6.07) is 3.46. The molecule has 0 saturated carbocycles. The second-order valence-electron chi connectivity index (χ2n) is 4.69. The Labute approximate surface area is 110 Å². The van der Waals surface area contributed by atoms with Crippen molar-refractivity contribution in [2.24, 2.45) is 0 Å². The fourth-order valence-corrected chi connectivity index (χ4v) is 2.39. The molecule has 1 aromatic carbocycles. The first kappa shape index (κ1) is 13.6. The molecular weight excluding hydrogens is 246 g/mol. The minimum atomic E-state index is -1.01. The highest BCUT2D eigenvalue weighted by atomic mass is 16.4. The van der Waals surface area contributed by atoms with Gasteiger partial charge < -0.3 is 19.9 Å². The molecule has 1 aromatic heterocycles. The van der Waals surface area contributed by atoms with Crippen LogP contribution in [0.3, 0.4) is 0 Å². The first-order valence-corrected chi connectivity index (χ1v) is 6.11. The number of hydrogen-bond donors (Lipinski definition) is 3. The number of carboxylic acids is 1. The number of rotatable bonds is 4. The Hall–Kier alpha value is -1.85. The van der Waals surface area contributed by atoms with E-state index in [1.54, 1.807) is 23.8 Å². The summed E-state index contributed by atoms with van der Waals surface area (Å²) >= 11 is 0. The van der Waals surface area contributed by atoms with E-state index in [0.717, 1.165) is 10.9 Å². The Bertz CT molecular complexity index is 628. The SMILES string of the molecule is Cc1cc(C(=O)O)c2c(c1)c(C(C)O)cn2CCO. The lowest BCUT2D eigenvalue weighted by molar-refractivity contribution is 0.0698. The molecule has 0 spiro atoms. The first-order chi connectivity index (χ1) is 8.95. The van der Waals surface area contributed by atoms with Gasteiger partial charge in [0.05, 0.1) is 23.8 Å². The van der Waals surface area contributed by atoms with Gasteiger partial charge in [-0.1, -0.05) is 0 Å². The van der Waals surface area contributed by atoms with Gasteiger partial charge >= 0.3 is 5.97 Å². The van der Waals surface area contributed by atoms with Crippen molar-refractivity contribution in [2.75, 3.05) is 6.61 Å². The Morgan fingerprint density at radius 2 is 2.11 bits per heavy atom. The maximum Gasteiger partial charge on any atom is 0.337 e. The Kier molecular flexibility index (Phi) is 3.59. The van der Waals surface area contributed by atoms with Crippen LogP contribution in [0.25, 0.3) is 10.9 Å². The third kappa shape index (κ3) is 2.34. The molecule has 102 valence electrons. The number of carboxylic acid groups (broad SMARTS) is 1. The molecule has 0 aliphatic rings. The van der Waals surface area contributed by atoms with Gasteiger partial charge in [0.15, 0.2) is 0 Å². The summed E-state index contributed by atoms with van der Waals surface area (Å²) in [4.78, 5) is 11.4. The van der Waals surface area contributed by atoms with Crippen LogP contribution in [0.2, 0.25) is 0 Å². The second kappa shape index (κ2) is 5.03. The monoisotopic (exact) mass is 263 g/mol. The maximum absolute atomic E-state index is 11.4. The van der Waals surface area contributed by atoms with E-state index in [4.69, 9.17) is 5.11 Å². The first-order valence-electron chi connectivity index (χ1n) is 6.11. The van der Waals surface area contributed by atoms with Gasteiger partial charge in [-0.3, -0.25) is 0 Å². The van der Waals surface area contributed by atoms with Crippen molar-refractivity contribution >= 4 is 16.9 Å². The van der Waals surface area contributed by atoms with Crippen molar-refractivity contribution in [3.05, 3.63) is 35.0 Å². The molecule has 0 fully saturated rings. The summed E-state index contributed by atoms with van der Waals surface area (Å²) in [6.07, 6.45) is 1.02. The molecule has 0 aliphatic carbocycles. The molecule has 0 aliphatic heterocycles. The Morgan fingerprint density at radius 3 is 2.63 bits per heavy atom. The molecule has 5 nitrogen and oxygen atoms in total. The minimum absolute atomic E-state index is 0.0873. The largest absolute Gasteiger partial charge is 0.478 e. The smallest absolute Gasteiger partial charge is 0.337 e. The van der Waals surface area contributed by atoms with Gasteiger partial charge in [-0.2, -0.15) is 0 Å². The van der Waals surface area contributed by atoms with Gasteiger partial charge in [0.25, 0.3) is 0 Å². The van der Waals surface area contributed by atoms with Crippen molar-refractivity contribution in [3.8, 4) is 0 Å². The molecule has 0 amide bonds. The molecule has 0 saturated heterocycles. The second-order valence-corrected chi connectivity index (χ2v) is 4.69. The van der Waals surface area contributed by atoms with E-state index >= 15 is 0 Å². The number of benzene rings is 1. The molecule has 2 rings (SSSR count). The highest BCUT2D eigenvalue weighted by Gasteiger charge is 2.18. The fourth-order valence-electron chi connectivity index (χ4n) is 2.39. The molecule has 19 heavy (non-hydrogen) atoms. The molecule has 1 unspecified atom stereocenters. The fraction of sp³-hybridized carbons (Fsp3) is 0.357. The molecule has 3 N–H and O–H groups in total. The minimum Gasteiger partial charge on any atom is -0.478 e. The number of nitrogens with zero attached hydrogens (tertiary/aromatic N) is 1. The lowest BCUT2D eigenvalue weighted by atomic mass is 10.0. The zero-order valence-electron chi connectivity index (χ0n) is 10.9. The summed E-state index contributed by atoms with van der Waals surface area (Å²) < 4.78 is 1.68. The van der Waals surface area contributed by atoms with E-state index < -0.39 is 12.1 Å². The number of aryl methyl sites for hydroxylation is 1. The molecule has 5 heteroatoms. The van der Waals surface area contributed by atoms with E-state index in [1.165, 1.54) is 0 Å². The third-order valence-electron chi connectivity index (χ3n) is 3.17. The molecular formula is C14H17NO4. The summed E-state index contributed by atoms with van der Waals surface area (Å²) in [6.45, 7) is 3.67. The number of fused-ring (bicyclic) bond motifs is 1. The number of aliphatic hydroxyl groups is 2. The van der Waals surface area contributed by atoms with Gasteiger partial charge in [0, 0.05) is 23.7 Å². The number of aromatic carboxylic acids is 1. The third-order valence-corrected chi connectivity index (χ3v) is 3.17. The maximum atomic E-state index is 11.4. The van der Waals surface area contributed by atoms with E-state index in [2.05, 4.69) is 0 Å². The highest BCUT2D eigenvalue weighted by Crippen LogP contribution is 2.30. The lowest BCUT2D eigenvalue weighted by Crippen LogP contribution is -2.05. The van der Waals surface area contributed by atoms with Crippen LogP contribution in [0.5, 0.6) is 0 Å². The van der Waals surface area contributed by atoms with Crippen LogP contribution in [-0.2, 0) is 6.54 Å². The lowest BCUT2D eigenvalue weighted by Gasteiger charge is -2.07. The Morgan fingerprint density at radius 1 is 1.42 bits per heavy atom. The zero-order valence-corrected chi connectivity index (χ0v) is 10.9. The van der Waals surface area contributed by atoms with E-state index in [-0.39, 0.29) is 12.2 Å². The summed E-state index contributed by atoms with van der Waals surface area (Å²) in [5.74, 6) is -1.01. The van der Waals surface area contributed by atoms with Gasteiger partial charge in [0.1, 0.15) is 0 Å². The molecule has 2 aromatic rings. The molecule has 1 atom stereocenters. The van der Waals surface area contributed by atoms with Gasteiger partial charge in [-0.25, -0.2) is 4.79 Å². The van der Waals surface area contributed by atoms with Gasteiger partial charge in [0.2, 0.25) is 0 Å². The predicted octanol–water partition coefficient (Wildman–Crippen LogP) is 1.69. The van der Waals surface area contributed by atoms with Crippen LogP contribution >= 0.6 is 0 Å². The molecule has 0 bridgehead atoms. The average Bonchev–Trinajstić information content (AvgIpc) is 2.67. The highest BCUT2D eigenvalue weighted by molar-refractivity contribution is 6.04. The van der Waals surface area contributed by atoms with Crippen LogP contribution in [-0.4, -0.2) is 32.5 Å². The topological polar surface area (TPSA) is 82.7 Å². The van der Waals surface area contributed by atoms with Gasteiger partial charge in [-0.05, 0) is 31.5 Å². The Balaban J connectivity index is 2.85. The van der Waals surface area contributed by atoms with E-state index in [1.807, 2.05) is 13.0 Å². The zero-order chi connectivity index (χ0) is 14.2. The predicted molar refractivity (Wildman–Crippen MR) is 71.4 cm³/mol. The average molecular weight is 263 g/mol. The van der Waals surface area contributed by atoms with Crippen LogP contribution in [0.15, 0.2) is 18.3 Å². The van der Waals surface area contributed by atoms with Crippen molar-refractivity contribution in [1.82, 2.24) is 4.57 Å². The summed E-state index contributed by atoms with van der Waals surface area (Å²) in [5, 5.41) is 28.9. The number of aromatic nitrogens is 1. The normalized spacial score (nSPS) is 12.8. The van der Waals surface area contributed by atoms with E-state index in [0.29, 0.717) is 17.6 Å². The van der Waals surface area contributed by atoms with Crippen molar-refractivity contribution < 1.29 is 20.1 Å². The number of aliphatic hydroxyl groups excluding tert-OH is 2. The van der Waals surface area contributed by atoms with Crippen molar-refractivity contribution in [3.63, 3.8) is 0 Å². The standard InChI is InChI=1S/C14H17NO4/c1-8-5-10-12(9(2)17)7-15(3-4-16)13(10)11(6-8)14(18)19/h5-7,9,16-17H,3-4H2,1-2H3,(H,18,19). The number of carbonyl (C=O) groups is 1. The molecule has 1 heterocycles. The summed E-state index contributed by atoms with van der Waals surface area (Å²) in [5.41, 5.74) is 2.24.